The van der Waals surface area contributed by atoms with Crippen molar-refractivity contribution in [2.75, 3.05) is 54.1 Å². The molecule has 0 heterocycles. The first-order chi connectivity index (χ1) is 7.95. The van der Waals surface area contributed by atoms with Crippen molar-refractivity contribution in [3.05, 3.63) is 0 Å². The van der Waals surface area contributed by atoms with Gasteiger partial charge < -0.3 is 14.8 Å². The Bertz CT molecular complexity index is 173. The van der Waals surface area contributed by atoms with Gasteiger partial charge in [-0.1, -0.05) is 20.8 Å². The van der Waals surface area contributed by atoms with Gasteiger partial charge in [0.15, 0.2) is 0 Å². The minimum Gasteiger partial charge on any atom is -0.383 e. The summed E-state index contributed by atoms with van der Waals surface area (Å²) in [4.78, 5) is 2.39. The molecule has 0 fully saturated rings. The van der Waals surface area contributed by atoms with Crippen molar-refractivity contribution >= 4 is 0 Å². The van der Waals surface area contributed by atoms with Gasteiger partial charge in [0.2, 0.25) is 0 Å². The molecule has 1 N–H and O–H groups in total. The lowest BCUT2D eigenvalue weighted by Gasteiger charge is -2.35. The van der Waals surface area contributed by atoms with E-state index in [1.807, 2.05) is 7.05 Å². The van der Waals surface area contributed by atoms with E-state index in [1.165, 1.54) is 0 Å². The van der Waals surface area contributed by atoms with Crippen molar-refractivity contribution < 1.29 is 9.47 Å². The summed E-state index contributed by atoms with van der Waals surface area (Å²) >= 11 is 0. The van der Waals surface area contributed by atoms with Gasteiger partial charge in [-0.2, -0.15) is 0 Å². The molecule has 0 rings (SSSR count). The van der Waals surface area contributed by atoms with E-state index in [0.29, 0.717) is 6.04 Å². The number of nitrogens with one attached hydrogen (secondary N) is 1. The highest BCUT2D eigenvalue weighted by molar-refractivity contribution is 4.82. The first kappa shape index (κ1) is 16.8. The molecule has 104 valence electrons. The second kappa shape index (κ2) is 8.86. The molecule has 0 amide bonds. The molecule has 0 saturated heterocycles. The standard InChI is InChI=1S/C13H30N2O2/c1-13(2,3)12(14-4)11-15(7-9-16-5)8-10-17-6/h12,14H,7-11H2,1-6H3. The third kappa shape index (κ3) is 7.71. The second-order valence-electron chi connectivity index (χ2n) is 5.49. The maximum Gasteiger partial charge on any atom is 0.0589 e. The first-order valence-electron chi connectivity index (χ1n) is 6.33. The maximum absolute atomic E-state index is 5.15. The van der Waals surface area contributed by atoms with Crippen LogP contribution in [0.1, 0.15) is 20.8 Å². The summed E-state index contributed by atoms with van der Waals surface area (Å²) in [7, 11) is 5.52. The van der Waals surface area contributed by atoms with Crippen molar-refractivity contribution in [2.24, 2.45) is 5.41 Å². The Morgan fingerprint density at radius 3 is 1.82 bits per heavy atom. The third-order valence-electron chi connectivity index (χ3n) is 3.06. The number of hydrogen-bond donors (Lipinski definition) is 1. The van der Waals surface area contributed by atoms with Gasteiger partial charge in [0.1, 0.15) is 0 Å². The topological polar surface area (TPSA) is 33.7 Å². The molecule has 0 saturated carbocycles. The number of rotatable bonds is 9. The summed E-state index contributed by atoms with van der Waals surface area (Å²) in [5, 5.41) is 3.40. The Balaban J connectivity index is 4.26. The first-order valence-corrected chi connectivity index (χ1v) is 6.33. The number of nitrogens with zero attached hydrogens (tertiary/aromatic N) is 1. The molecule has 0 aromatic carbocycles. The summed E-state index contributed by atoms with van der Waals surface area (Å²) in [6, 6.07) is 0.469. The number of hydrogen-bond acceptors (Lipinski definition) is 4. The predicted molar refractivity (Wildman–Crippen MR) is 72.5 cm³/mol. The van der Waals surface area contributed by atoms with Crippen LogP contribution in [0.25, 0.3) is 0 Å². The summed E-state index contributed by atoms with van der Waals surface area (Å²) < 4.78 is 10.3. The van der Waals surface area contributed by atoms with Gasteiger partial charge >= 0.3 is 0 Å². The summed E-state index contributed by atoms with van der Waals surface area (Å²) in [6.45, 7) is 11.3. The molecule has 1 atom stereocenters. The second-order valence-corrected chi connectivity index (χ2v) is 5.49. The highest BCUT2D eigenvalue weighted by Crippen LogP contribution is 2.19. The van der Waals surface area contributed by atoms with Gasteiger partial charge in [0.05, 0.1) is 13.2 Å². The van der Waals surface area contributed by atoms with Crippen LogP contribution >= 0.6 is 0 Å². The zero-order valence-electron chi connectivity index (χ0n) is 12.4. The van der Waals surface area contributed by atoms with E-state index in [2.05, 4.69) is 31.0 Å². The van der Waals surface area contributed by atoms with Crippen molar-refractivity contribution in [3.8, 4) is 0 Å². The van der Waals surface area contributed by atoms with Gasteiger partial charge in [-0.05, 0) is 12.5 Å². The van der Waals surface area contributed by atoms with E-state index in [9.17, 15) is 0 Å². The van der Waals surface area contributed by atoms with E-state index >= 15 is 0 Å². The van der Waals surface area contributed by atoms with Crippen molar-refractivity contribution in [1.29, 1.82) is 0 Å². The number of methoxy groups -OCH3 is 2. The van der Waals surface area contributed by atoms with E-state index in [1.54, 1.807) is 14.2 Å². The smallest absolute Gasteiger partial charge is 0.0589 e. The van der Waals surface area contributed by atoms with Gasteiger partial charge in [-0.3, -0.25) is 4.90 Å². The van der Waals surface area contributed by atoms with Crippen molar-refractivity contribution in [1.82, 2.24) is 10.2 Å². The molecule has 0 spiro atoms. The Kier molecular flexibility index (Phi) is 8.78. The SMILES string of the molecule is CNC(CN(CCOC)CCOC)C(C)(C)C. The molecule has 0 aromatic heterocycles. The number of likely N-dealkylation sites (N-methyl/N-ethyl adjacent to an activating group) is 1. The van der Waals surface area contributed by atoms with Gasteiger partial charge in [-0.25, -0.2) is 0 Å². The Morgan fingerprint density at radius 2 is 1.53 bits per heavy atom. The zero-order chi connectivity index (χ0) is 13.3. The molecule has 0 bridgehead atoms. The molecule has 0 aliphatic rings. The fourth-order valence-corrected chi connectivity index (χ4v) is 1.79. The molecule has 4 heteroatoms. The Labute approximate surface area is 107 Å². The minimum atomic E-state index is 0.257. The van der Waals surface area contributed by atoms with Crippen LogP contribution < -0.4 is 5.32 Å². The van der Waals surface area contributed by atoms with Gasteiger partial charge in [-0.15, -0.1) is 0 Å². The summed E-state index contributed by atoms with van der Waals surface area (Å²) in [6.07, 6.45) is 0. The van der Waals surface area contributed by atoms with Crippen LogP contribution in [0.3, 0.4) is 0 Å². The van der Waals surface area contributed by atoms with Crippen LogP contribution in [0, 0.1) is 5.41 Å². The lowest BCUT2D eigenvalue weighted by atomic mass is 9.86. The van der Waals surface area contributed by atoms with E-state index in [0.717, 1.165) is 32.8 Å². The van der Waals surface area contributed by atoms with Crippen LogP contribution in [0.5, 0.6) is 0 Å². The molecule has 0 aliphatic heterocycles. The fourth-order valence-electron chi connectivity index (χ4n) is 1.79. The third-order valence-corrected chi connectivity index (χ3v) is 3.06. The van der Waals surface area contributed by atoms with E-state index in [-0.39, 0.29) is 5.41 Å². The average molecular weight is 246 g/mol. The largest absolute Gasteiger partial charge is 0.383 e. The normalized spacial score (nSPS) is 14.3. The molecule has 1 unspecified atom stereocenters. The fraction of sp³-hybridized carbons (Fsp3) is 1.00. The van der Waals surface area contributed by atoms with Crippen LogP contribution in [0.2, 0.25) is 0 Å². The Morgan fingerprint density at radius 1 is 1.06 bits per heavy atom. The summed E-state index contributed by atoms with van der Waals surface area (Å²) in [5.74, 6) is 0. The van der Waals surface area contributed by atoms with Crippen LogP contribution in [0.15, 0.2) is 0 Å². The Hall–Kier alpha value is -0.160. The van der Waals surface area contributed by atoms with Gasteiger partial charge in [0.25, 0.3) is 0 Å². The van der Waals surface area contributed by atoms with Crippen LogP contribution in [-0.2, 0) is 9.47 Å². The van der Waals surface area contributed by atoms with E-state index in [4.69, 9.17) is 9.47 Å². The molecule has 0 aromatic rings. The number of ether oxygens (including phenoxy) is 2. The summed E-state index contributed by atoms with van der Waals surface area (Å²) in [5.41, 5.74) is 0.257. The van der Waals surface area contributed by atoms with Crippen molar-refractivity contribution in [2.45, 2.75) is 26.8 Å². The van der Waals surface area contributed by atoms with Crippen LogP contribution in [0.4, 0.5) is 0 Å². The molecule has 0 aliphatic carbocycles. The molecular weight excluding hydrogens is 216 g/mol. The maximum atomic E-state index is 5.15. The highest BCUT2D eigenvalue weighted by atomic mass is 16.5. The van der Waals surface area contributed by atoms with Gasteiger partial charge in [0, 0.05) is 39.9 Å². The lowest BCUT2D eigenvalue weighted by Crippen LogP contribution is -2.48. The van der Waals surface area contributed by atoms with Crippen LogP contribution in [-0.4, -0.2) is 65.1 Å². The predicted octanol–water partition coefficient (Wildman–Crippen LogP) is 1.22. The quantitative estimate of drug-likeness (QED) is 0.663. The minimum absolute atomic E-state index is 0.257. The van der Waals surface area contributed by atoms with Crippen molar-refractivity contribution in [3.63, 3.8) is 0 Å². The molecule has 4 nitrogen and oxygen atoms in total. The molecule has 17 heavy (non-hydrogen) atoms. The zero-order valence-corrected chi connectivity index (χ0v) is 12.4. The lowest BCUT2D eigenvalue weighted by molar-refractivity contribution is 0.0949. The molecular formula is C13H30N2O2. The highest BCUT2D eigenvalue weighted by Gasteiger charge is 2.24. The molecule has 0 radical (unpaired) electrons. The monoisotopic (exact) mass is 246 g/mol. The van der Waals surface area contributed by atoms with E-state index < -0.39 is 0 Å². The average Bonchev–Trinajstić information content (AvgIpc) is 2.26.